The molecule has 0 spiro atoms. The summed E-state index contributed by atoms with van der Waals surface area (Å²) in [6.45, 7) is 4.31. The number of phosphoric acid groups is 1. The monoisotopic (exact) mass is 828 g/mol. The van der Waals surface area contributed by atoms with Gasteiger partial charge in [0, 0.05) is 19.4 Å². The highest BCUT2D eigenvalue weighted by atomic mass is 31.2. The number of unbranched alkanes of at least 4 members (excludes halogenated alkanes) is 26. The van der Waals surface area contributed by atoms with Crippen molar-refractivity contribution in [2.24, 2.45) is 0 Å². The molecule has 2 atom stereocenters. The molecule has 0 fully saturated rings. The van der Waals surface area contributed by atoms with Crippen LogP contribution in [0.25, 0.3) is 0 Å². The fourth-order valence-electron chi connectivity index (χ4n) is 6.60. The second-order valence-corrected chi connectivity index (χ2v) is 17.7. The molecule has 0 amide bonds. The fourth-order valence-corrected chi connectivity index (χ4v) is 7.34. The van der Waals surface area contributed by atoms with E-state index in [1.54, 1.807) is 0 Å². The summed E-state index contributed by atoms with van der Waals surface area (Å²) in [6.07, 6.45) is 45.1. The smallest absolute Gasteiger partial charge is 0.462 e. The van der Waals surface area contributed by atoms with Crippen molar-refractivity contribution in [2.45, 2.75) is 225 Å². The molecule has 0 bridgehead atoms. The molecular formula is C47H90NO8P. The lowest BCUT2D eigenvalue weighted by Crippen LogP contribution is -2.29. The molecule has 0 radical (unpaired) electrons. The first-order valence-electron chi connectivity index (χ1n) is 23.6. The third-order valence-electron chi connectivity index (χ3n) is 10.3. The van der Waals surface area contributed by atoms with E-state index in [0.717, 1.165) is 57.8 Å². The number of phosphoric ester groups is 1. The number of esters is 2. The van der Waals surface area contributed by atoms with E-state index < -0.39 is 26.5 Å². The minimum Gasteiger partial charge on any atom is -0.462 e. The van der Waals surface area contributed by atoms with E-state index >= 15 is 0 Å². The second-order valence-electron chi connectivity index (χ2n) is 16.3. The number of carbonyl (C=O) groups excluding carboxylic acids is 2. The summed E-state index contributed by atoms with van der Waals surface area (Å²) in [5, 5.41) is 0. The van der Waals surface area contributed by atoms with Gasteiger partial charge in [-0.25, -0.2) is 4.57 Å². The molecule has 10 heteroatoms. The van der Waals surface area contributed by atoms with E-state index in [1.165, 1.54) is 128 Å². The number of allylic oxidation sites excluding steroid dienone is 4. The van der Waals surface area contributed by atoms with Crippen molar-refractivity contribution in [1.29, 1.82) is 0 Å². The number of hydrogen-bond acceptors (Lipinski definition) is 8. The zero-order valence-corrected chi connectivity index (χ0v) is 38.4. The normalized spacial score (nSPS) is 13.5. The summed E-state index contributed by atoms with van der Waals surface area (Å²) in [5.41, 5.74) is 0. The third-order valence-corrected chi connectivity index (χ3v) is 11.2. The van der Waals surface area contributed by atoms with Crippen LogP contribution in [-0.2, 0) is 32.7 Å². The van der Waals surface area contributed by atoms with Gasteiger partial charge < -0.3 is 19.3 Å². The maximum absolute atomic E-state index is 12.7. The largest absolute Gasteiger partial charge is 0.472 e. The molecule has 0 aliphatic heterocycles. The van der Waals surface area contributed by atoms with Crippen molar-refractivity contribution >= 4 is 19.8 Å². The van der Waals surface area contributed by atoms with Gasteiger partial charge in [-0.1, -0.05) is 186 Å². The van der Waals surface area contributed by atoms with Crippen LogP contribution in [0.15, 0.2) is 24.3 Å². The Hall–Kier alpha value is -1.51. The van der Waals surface area contributed by atoms with E-state index in [2.05, 4.69) is 38.2 Å². The van der Waals surface area contributed by atoms with Gasteiger partial charge in [-0.2, -0.15) is 0 Å². The molecule has 0 heterocycles. The Morgan fingerprint density at radius 3 is 1.42 bits per heavy atom. The van der Waals surface area contributed by atoms with Crippen molar-refractivity contribution in [3.05, 3.63) is 24.3 Å². The first kappa shape index (κ1) is 55.5. The average molecular weight is 828 g/mol. The molecule has 0 aromatic rings. The Labute approximate surface area is 351 Å². The zero-order chi connectivity index (χ0) is 41.9. The van der Waals surface area contributed by atoms with Crippen LogP contribution < -0.4 is 0 Å². The molecule has 0 rings (SSSR count). The molecule has 0 saturated heterocycles. The number of likely N-dealkylation sites (N-methyl/N-ethyl adjacent to an activating group) is 1. The van der Waals surface area contributed by atoms with Crippen molar-refractivity contribution in [1.82, 2.24) is 4.90 Å². The van der Waals surface area contributed by atoms with E-state index in [1.807, 2.05) is 19.0 Å². The van der Waals surface area contributed by atoms with E-state index in [0.29, 0.717) is 13.0 Å². The molecule has 0 saturated carbocycles. The molecule has 0 aliphatic carbocycles. The second kappa shape index (κ2) is 42.6. The SMILES string of the molecule is CCCCC/C=C\C/C=C\CCCCCCCC(=O)OCC(COP(=O)(O)OCCN(C)C)OC(=O)CCCCCCCCCCCCCCCCCCCCC. The highest BCUT2D eigenvalue weighted by molar-refractivity contribution is 7.47. The highest BCUT2D eigenvalue weighted by Gasteiger charge is 2.26. The number of nitrogens with zero attached hydrogens (tertiary/aromatic N) is 1. The Kier molecular flexibility index (Phi) is 41.5. The quantitative estimate of drug-likeness (QED) is 0.0278. The van der Waals surface area contributed by atoms with Crippen molar-refractivity contribution in [3.8, 4) is 0 Å². The predicted molar refractivity (Wildman–Crippen MR) is 238 cm³/mol. The summed E-state index contributed by atoms with van der Waals surface area (Å²) >= 11 is 0. The molecule has 0 aliphatic rings. The Morgan fingerprint density at radius 2 is 0.947 bits per heavy atom. The summed E-state index contributed by atoms with van der Waals surface area (Å²) in [5.74, 6) is -0.809. The van der Waals surface area contributed by atoms with Gasteiger partial charge in [0.2, 0.25) is 0 Å². The van der Waals surface area contributed by atoms with Gasteiger partial charge in [-0.3, -0.25) is 18.6 Å². The van der Waals surface area contributed by atoms with Crippen LogP contribution in [0.3, 0.4) is 0 Å². The van der Waals surface area contributed by atoms with Gasteiger partial charge in [-0.15, -0.1) is 0 Å². The molecule has 0 aromatic heterocycles. The lowest BCUT2D eigenvalue weighted by Gasteiger charge is -2.20. The summed E-state index contributed by atoms with van der Waals surface area (Å²) in [4.78, 5) is 37.1. The molecule has 2 unspecified atom stereocenters. The summed E-state index contributed by atoms with van der Waals surface area (Å²) < 4.78 is 33.5. The predicted octanol–water partition coefficient (Wildman–Crippen LogP) is 13.8. The van der Waals surface area contributed by atoms with Gasteiger partial charge in [0.1, 0.15) is 6.61 Å². The summed E-state index contributed by atoms with van der Waals surface area (Å²) in [6, 6.07) is 0. The maximum atomic E-state index is 12.7. The van der Waals surface area contributed by atoms with Crippen molar-refractivity contribution in [2.75, 3.05) is 40.5 Å². The Balaban J connectivity index is 4.22. The van der Waals surface area contributed by atoms with E-state index in [4.69, 9.17) is 18.5 Å². The van der Waals surface area contributed by atoms with Crippen LogP contribution in [0.4, 0.5) is 0 Å². The number of rotatable bonds is 44. The lowest BCUT2D eigenvalue weighted by molar-refractivity contribution is -0.161. The van der Waals surface area contributed by atoms with Gasteiger partial charge in [0.05, 0.1) is 13.2 Å². The third kappa shape index (κ3) is 43.9. The van der Waals surface area contributed by atoms with Crippen LogP contribution in [0.5, 0.6) is 0 Å². The molecule has 336 valence electrons. The maximum Gasteiger partial charge on any atom is 0.472 e. The molecule has 9 nitrogen and oxygen atoms in total. The topological polar surface area (TPSA) is 112 Å². The molecule has 0 aromatic carbocycles. The number of ether oxygens (including phenoxy) is 2. The molecular weight excluding hydrogens is 737 g/mol. The van der Waals surface area contributed by atoms with Crippen LogP contribution in [0.2, 0.25) is 0 Å². The summed E-state index contributed by atoms with van der Waals surface area (Å²) in [7, 11) is -0.711. The minimum absolute atomic E-state index is 0.00711. The average Bonchev–Trinajstić information content (AvgIpc) is 3.18. The lowest BCUT2D eigenvalue weighted by atomic mass is 10.0. The van der Waals surface area contributed by atoms with Gasteiger partial charge in [0.25, 0.3) is 0 Å². The van der Waals surface area contributed by atoms with Gasteiger partial charge in [0.15, 0.2) is 6.10 Å². The number of hydrogen-bond donors (Lipinski definition) is 1. The highest BCUT2D eigenvalue weighted by Crippen LogP contribution is 2.43. The van der Waals surface area contributed by atoms with Crippen LogP contribution in [0.1, 0.15) is 219 Å². The van der Waals surface area contributed by atoms with Crippen molar-refractivity contribution in [3.63, 3.8) is 0 Å². The van der Waals surface area contributed by atoms with Gasteiger partial charge >= 0.3 is 19.8 Å². The number of carbonyl (C=O) groups is 2. The standard InChI is InChI=1S/C47H90NO8P/c1-5-7-9-11-13-15-17-19-21-22-23-24-26-28-30-32-34-36-38-40-47(50)56-45(44-55-57(51,52)54-42-41-48(3)4)43-53-46(49)39-37-35-33-31-29-27-25-20-18-16-14-12-10-8-6-2/h14,16,20,25,45H,5-13,15,17-19,21-24,26-44H2,1-4H3,(H,51,52)/b16-14-,25-20-. The molecule has 57 heavy (non-hydrogen) atoms. The molecule has 1 N–H and O–H groups in total. The van der Waals surface area contributed by atoms with Crippen LogP contribution in [0, 0.1) is 0 Å². The first-order valence-corrected chi connectivity index (χ1v) is 25.1. The zero-order valence-electron chi connectivity index (χ0n) is 37.5. The van der Waals surface area contributed by atoms with Gasteiger partial charge in [-0.05, 0) is 59.0 Å². The van der Waals surface area contributed by atoms with Crippen LogP contribution >= 0.6 is 7.82 Å². The fraction of sp³-hybridized carbons (Fsp3) is 0.872. The Morgan fingerprint density at radius 1 is 0.544 bits per heavy atom. The van der Waals surface area contributed by atoms with Crippen molar-refractivity contribution < 1.29 is 37.6 Å². The van der Waals surface area contributed by atoms with E-state index in [9.17, 15) is 19.0 Å². The van der Waals surface area contributed by atoms with E-state index in [-0.39, 0.29) is 32.0 Å². The first-order chi connectivity index (χ1) is 27.7. The minimum atomic E-state index is -4.36. The van der Waals surface area contributed by atoms with Crippen LogP contribution in [-0.4, -0.2) is 68.3 Å². The Bertz CT molecular complexity index is 1000.